The Bertz CT molecular complexity index is 993. The summed E-state index contributed by atoms with van der Waals surface area (Å²) in [6.45, 7) is 8.03. The molecule has 0 spiro atoms. The monoisotopic (exact) mass is 412 g/mol. The molecule has 0 radical (unpaired) electrons. The Morgan fingerprint density at radius 3 is 2.57 bits per heavy atom. The van der Waals surface area contributed by atoms with Gasteiger partial charge in [-0.15, -0.1) is 0 Å². The van der Waals surface area contributed by atoms with Crippen molar-refractivity contribution in [2.24, 2.45) is 11.3 Å². The van der Waals surface area contributed by atoms with Crippen LogP contribution in [0.1, 0.15) is 55.7 Å². The van der Waals surface area contributed by atoms with Crippen molar-refractivity contribution >= 4 is 28.9 Å². The maximum atomic E-state index is 13.2. The van der Waals surface area contributed by atoms with Crippen LogP contribution in [-0.4, -0.2) is 36.2 Å². The SMILES string of the molecule is COC(=O)NC(=O)[C@H](C)OC(=O)c1c2c(nc3ccccc13)CC[C@@H](C(C)(C)C)C2. The summed E-state index contributed by atoms with van der Waals surface area (Å²) < 4.78 is 9.87. The van der Waals surface area contributed by atoms with Gasteiger partial charge in [0, 0.05) is 11.1 Å². The summed E-state index contributed by atoms with van der Waals surface area (Å²) in [7, 11) is 1.15. The van der Waals surface area contributed by atoms with Crippen molar-refractivity contribution in [1.29, 1.82) is 0 Å². The van der Waals surface area contributed by atoms with Crippen LogP contribution < -0.4 is 5.32 Å². The molecule has 2 atom stereocenters. The van der Waals surface area contributed by atoms with Gasteiger partial charge in [0.1, 0.15) is 0 Å². The number of hydrogen-bond acceptors (Lipinski definition) is 6. The molecule has 0 saturated heterocycles. The normalized spacial score (nSPS) is 17.0. The molecule has 30 heavy (non-hydrogen) atoms. The number of rotatable bonds is 3. The van der Waals surface area contributed by atoms with E-state index in [9.17, 15) is 14.4 Å². The zero-order valence-corrected chi connectivity index (χ0v) is 18.1. The molecule has 3 rings (SSSR count). The topological polar surface area (TPSA) is 94.6 Å². The number of hydrogen-bond donors (Lipinski definition) is 1. The standard InChI is InChI=1S/C23H28N2O5/c1-13(20(26)25-22(28)29-5)30-21(27)19-15-8-6-7-9-17(15)24-18-11-10-14(12-16(18)19)23(2,3)4/h6-9,13-14H,10-12H2,1-5H3,(H,25,26,28)/t13-,14+/m0/s1. The van der Waals surface area contributed by atoms with Crippen molar-refractivity contribution in [2.75, 3.05) is 7.11 Å². The summed E-state index contributed by atoms with van der Waals surface area (Å²) in [5, 5.41) is 2.73. The Morgan fingerprint density at radius 1 is 1.20 bits per heavy atom. The van der Waals surface area contributed by atoms with E-state index < -0.39 is 24.1 Å². The van der Waals surface area contributed by atoms with Crippen LogP contribution >= 0.6 is 0 Å². The van der Waals surface area contributed by atoms with E-state index in [2.05, 4.69) is 25.5 Å². The van der Waals surface area contributed by atoms with Crippen LogP contribution in [0.3, 0.4) is 0 Å². The van der Waals surface area contributed by atoms with E-state index in [0.29, 0.717) is 16.9 Å². The molecule has 160 valence electrons. The van der Waals surface area contributed by atoms with Crippen LogP contribution in [0.2, 0.25) is 0 Å². The number of nitrogens with zero attached hydrogens (tertiary/aromatic N) is 1. The van der Waals surface area contributed by atoms with Gasteiger partial charge in [-0.2, -0.15) is 0 Å². The molecule has 0 aliphatic heterocycles. The van der Waals surface area contributed by atoms with E-state index in [0.717, 1.165) is 43.1 Å². The molecule has 2 amide bonds. The maximum absolute atomic E-state index is 13.2. The Morgan fingerprint density at radius 2 is 1.90 bits per heavy atom. The van der Waals surface area contributed by atoms with Crippen LogP contribution in [-0.2, 0) is 27.1 Å². The number of esters is 1. The average molecular weight is 412 g/mol. The fourth-order valence-electron chi connectivity index (χ4n) is 3.89. The quantitative estimate of drug-likeness (QED) is 0.771. The van der Waals surface area contributed by atoms with Crippen molar-refractivity contribution in [3.05, 3.63) is 41.1 Å². The minimum absolute atomic E-state index is 0.0954. The number of carbonyl (C=O) groups excluding carboxylic acids is 3. The molecule has 1 aliphatic rings. The van der Waals surface area contributed by atoms with Gasteiger partial charge in [-0.3, -0.25) is 15.1 Å². The second-order valence-electron chi connectivity index (χ2n) is 8.76. The van der Waals surface area contributed by atoms with E-state index in [-0.39, 0.29) is 5.41 Å². The van der Waals surface area contributed by atoms with Gasteiger partial charge in [0.15, 0.2) is 6.10 Å². The van der Waals surface area contributed by atoms with E-state index in [1.807, 2.05) is 29.6 Å². The third-order valence-corrected chi connectivity index (χ3v) is 5.75. The van der Waals surface area contributed by atoms with Crippen LogP contribution in [0.25, 0.3) is 10.9 Å². The lowest BCUT2D eigenvalue weighted by molar-refractivity contribution is -0.128. The molecule has 1 aliphatic carbocycles. The lowest BCUT2D eigenvalue weighted by Gasteiger charge is -2.35. The minimum atomic E-state index is -1.15. The number of nitrogens with one attached hydrogen (secondary N) is 1. The largest absolute Gasteiger partial charge is 0.453 e. The minimum Gasteiger partial charge on any atom is -0.453 e. The lowest BCUT2D eigenvalue weighted by atomic mass is 9.70. The van der Waals surface area contributed by atoms with Gasteiger partial charge in [-0.1, -0.05) is 39.0 Å². The smallest absolute Gasteiger partial charge is 0.413 e. The highest BCUT2D eigenvalue weighted by atomic mass is 16.6. The zero-order valence-electron chi connectivity index (χ0n) is 18.1. The highest BCUT2D eigenvalue weighted by Crippen LogP contribution is 2.39. The third kappa shape index (κ3) is 4.45. The molecule has 2 aromatic rings. The van der Waals surface area contributed by atoms with Crippen LogP contribution in [0.5, 0.6) is 0 Å². The number of aromatic nitrogens is 1. The number of aryl methyl sites for hydroxylation is 1. The summed E-state index contributed by atoms with van der Waals surface area (Å²) in [5.74, 6) is -0.929. The van der Waals surface area contributed by atoms with E-state index >= 15 is 0 Å². The van der Waals surface area contributed by atoms with Gasteiger partial charge in [0.05, 0.1) is 18.2 Å². The van der Waals surface area contributed by atoms with E-state index in [4.69, 9.17) is 9.72 Å². The van der Waals surface area contributed by atoms with Crippen molar-refractivity contribution in [3.8, 4) is 0 Å². The van der Waals surface area contributed by atoms with Gasteiger partial charge in [-0.05, 0) is 49.1 Å². The Hall–Kier alpha value is -2.96. The van der Waals surface area contributed by atoms with Gasteiger partial charge in [0.25, 0.3) is 5.91 Å². The van der Waals surface area contributed by atoms with Gasteiger partial charge in [0.2, 0.25) is 0 Å². The first-order chi connectivity index (χ1) is 14.1. The second-order valence-corrected chi connectivity index (χ2v) is 8.76. The summed E-state index contributed by atoms with van der Waals surface area (Å²) in [5.41, 5.74) is 3.09. The molecule has 1 aromatic carbocycles. The zero-order chi connectivity index (χ0) is 22.1. The number of pyridine rings is 1. The molecule has 1 heterocycles. The molecule has 0 fully saturated rings. The van der Waals surface area contributed by atoms with Crippen molar-refractivity contribution in [1.82, 2.24) is 10.3 Å². The van der Waals surface area contributed by atoms with Gasteiger partial charge >= 0.3 is 12.1 Å². The number of para-hydroxylation sites is 1. The summed E-state index contributed by atoms with van der Waals surface area (Å²) in [4.78, 5) is 41.4. The average Bonchev–Trinajstić information content (AvgIpc) is 2.70. The van der Waals surface area contributed by atoms with Crippen LogP contribution in [0, 0.1) is 11.3 Å². The first kappa shape index (κ1) is 21.7. The highest BCUT2D eigenvalue weighted by molar-refractivity contribution is 6.06. The van der Waals surface area contributed by atoms with Crippen molar-refractivity contribution < 1.29 is 23.9 Å². The van der Waals surface area contributed by atoms with E-state index in [1.54, 1.807) is 0 Å². The van der Waals surface area contributed by atoms with E-state index in [1.165, 1.54) is 6.92 Å². The predicted octanol–water partition coefficient (Wildman–Crippen LogP) is 3.81. The number of benzene rings is 1. The molecule has 7 nitrogen and oxygen atoms in total. The molecule has 0 bridgehead atoms. The number of carbonyl (C=O) groups is 3. The number of amides is 2. The summed E-state index contributed by atoms with van der Waals surface area (Å²) in [6, 6.07) is 7.45. The Kier molecular flexibility index (Phi) is 6.10. The highest BCUT2D eigenvalue weighted by Gasteiger charge is 2.34. The number of ether oxygens (including phenoxy) is 2. The molecule has 0 saturated carbocycles. The fraction of sp³-hybridized carbons (Fsp3) is 0.478. The maximum Gasteiger partial charge on any atom is 0.413 e. The summed E-state index contributed by atoms with van der Waals surface area (Å²) >= 11 is 0. The second kappa shape index (κ2) is 8.42. The Balaban J connectivity index is 1.98. The molecule has 0 unspecified atom stereocenters. The first-order valence-electron chi connectivity index (χ1n) is 10.1. The molecule has 1 N–H and O–H groups in total. The molecular weight excluding hydrogens is 384 g/mol. The number of alkyl carbamates (subject to hydrolysis) is 1. The number of imide groups is 1. The lowest BCUT2D eigenvalue weighted by Crippen LogP contribution is -2.39. The molecule has 1 aromatic heterocycles. The Labute approximate surface area is 176 Å². The van der Waals surface area contributed by atoms with Gasteiger partial charge < -0.3 is 9.47 Å². The molecular formula is C23H28N2O5. The summed E-state index contributed by atoms with van der Waals surface area (Å²) in [6.07, 6.45) is 0.475. The van der Waals surface area contributed by atoms with Crippen molar-refractivity contribution in [2.45, 2.75) is 53.1 Å². The van der Waals surface area contributed by atoms with Crippen molar-refractivity contribution in [3.63, 3.8) is 0 Å². The van der Waals surface area contributed by atoms with Gasteiger partial charge in [-0.25, -0.2) is 9.59 Å². The number of fused-ring (bicyclic) bond motifs is 2. The molecule has 7 heteroatoms. The van der Waals surface area contributed by atoms with Crippen LogP contribution in [0.4, 0.5) is 4.79 Å². The number of methoxy groups -OCH3 is 1. The first-order valence-corrected chi connectivity index (χ1v) is 10.1. The third-order valence-electron chi connectivity index (χ3n) is 5.75. The predicted molar refractivity (Wildman–Crippen MR) is 112 cm³/mol. The fourth-order valence-corrected chi connectivity index (χ4v) is 3.89. The van der Waals surface area contributed by atoms with Crippen LogP contribution in [0.15, 0.2) is 24.3 Å².